The van der Waals surface area contributed by atoms with Gasteiger partial charge in [-0.3, -0.25) is 4.79 Å². The topological polar surface area (TPSA) is 53.4 Å². The molecule has 50 heavy (non-hydrogen) atoms. The fraction of sp³-hybridized carbons (Fsp3) is 0.136. The van der Waals surface area contributed by atoms with Gasteiger partial charge in [-0.1, -0.05) is 95.5 Å². The number of ketones is 1. The first-order valence-corrected chi connectivity index (χ1v) is 16.6. The number of aliphatic hydroxyl groups is 1. The molecule has 1 N–H and O–H groups in total. The summed E-state index contributed by atoms with van der Waals surface area (Å²) in [6.07, 6.45) is 3.19. The van der Waals surface area contributed by atoms with Gasteiger partial charge >= 0.3 is 0 Å². The molecule has 6 aromatic rings. The van der Waals surface area contributed by atoms with Gasteiger partial charge in [0.05, 0.1) is 11.4 Å². The van der Waals surface area contributed by atoms with E-state index in [1.165, 1.54) is 81.2 Å². The number of nitrogens with zero attached hydrogens (tertiary/aromatic N) is 2. The molecule has 0 bridgehead atoms. The second-order valence-corrected chi connectivity index (χ2v) is 12.7. The van der Waals surface area contributed by atoms with Crippen molar-refractivity contribution in [3.05, 3.63) is 162 Å². The van der Waals surface area contributed by atoms with Gasteiger partial charge in [0, 0.05) is 43.8 Å². The van der Waals surface area contributed by atoms with Crippen LogP contribution in [0.5, 0.6) is 0 Å². The van der Waals surface area contributed by atoms with Crippen LogP contribution < -0.4 is 21.3 Å². The third kappa shape index (κ3) is 7.28. The van der Waals surface area contributed by atoms with E-state index >= 15 is 0 Å². The average Bonchev–Trinajstić information content (AvgIpc) is 3.08. The molecular weight excluding hydrogens is 792 g/mol. The number of para-hydroxylation sites is 2. The number of anilines is 3. The molecule has 2 heterocycles. The quantitative estimate of drug-likeness (QED) is 0.0817. The third-order valence-corrected chi connectivity index (χ3v) is 9.07. The predicted molar refractivity (Wildman–Crippen MR) is 206 cm³/mol. The minimum atomic E-state index is -0.125. The van der Waals surface area contributed by atoms with Crippen molar-refractivity contribution in [2.45, 2.75) is 41.5 Å². The van der Waals surface area contributed by atoms with Gasteiger partial charge in [0.25, 0.3) is 0 Å². The average molecular weight is 832 g/mol. The summed E-state index contributed by atoms with van der Waals surface area (Å²) in [4.78, 5) is 17.4. The maximum absolute atomic E-state index is 10.0. The predicted octanol–water partition coefficient (Wildman–Crippen LogP) is 8.78. The van der Waals surface area contributed by atoms with E-state index < -0.39 is 0 Å². The summed E-state index contributed by atoms with van der Waals surface area (Å²) in [7, 11) is 0. The van der Waals surface area contributed by atoms with E-state index in [4.69, 9.17) is 10.1 Å². The van der Waals surface area contributed by atoms with Gasteiger partial charge in [-0.25, -0.2) is 0 Å². The first kappa shape index (κ1) is 36.3. The monoisotopic (exact) mass is 832 g/mol. The van der Waals surface area contributed by atoms with E-state index in [2.05, 4.69) is 136 Å². The molecule has 5 aromatic carbocycles. The zero-order chi connectivity index (χ0) is 34.7. The molecule has 4 nitrogen and oxygen atoms in total. The molecule has 0 amide bonds. The summed E-state index contributed by atoms with van der Waals surface area (Å²) in [5, 5.41) is 8.36. The number of pyridine rings is 1. The number of aromatic nitrogens is 1. The number of allylic oxidation sites excluding steroid dienone is 2. The zero-order valence-corrected chi connectivity index (χ0v) is 31.7. The number of fused-ring (bicyclic) bond motifs is 2. The molecule has 1 aromatic heterocycles. The molecule has 1 radical (unpaired) electrons. The third-order valence-electron chi connectivity index (χ3n) is 9.07. The molecule has 7 rings (SSSR count). The van der Waals surface area contributed by atoms with Crippen LogP contribution in [0.25, 0.3) is 22.4 Å². The number of aryl methyl sites for hydroxylation is 4. The van der Waals surface area contributed by atoms with Crippen molar-refractivity contribution >= 4 is 45.9 Å². The van der Waals surface area contributed by atoms with Crippen molar-refractivity contribution < 1.29 is 30.0 Å². The molecule has 1 aliphatic heterocycles. The van der Waals surface area contributed by atoms with Crippen molar-refractivity contribution in [1.82, 2.24) is 4.98 Å². The Morgan fingerprint density at radius 2 is 1.34 bits per heavy atom. The Kier molecular flexibility index (Phi) is 11.4. The first-order valence-electron chi connectivity index (χ1n) is 16.6. The Morgan fingerprint density at radius 3 is 1.92 bits per heavy atom. The Hall–Kier alpha value is -5.03. The van der Waals surface area contributed by atoms with Crippen LogP contribution >= 0.6 is 0 Å². The van der Waals surface area contributed by atoms with Crippen LogP contribution in [0.3, 0.4) is 0 Å². The van der Waals surface area contributed by atoms with Gasteiger partial charge in [-0.05, 0) is 92.5 Å². The Balaban J connectivity index is 0.000000553. The van der Waals surface area contributed by atoms with Crippen LogP contribution in [-0.4, -0.2) is 22.6 Å². The molecule has 0 unspecified atom stereocenters. The van der Waals surface area contributed by atoms with Crippen molar-refractivity contribution in [3.8, 4) is 22.4 Å². The van der Waals surface area contributed by atoms with Crippen LogP contribution in [0.1, 0.15) is 36.1 Å². The summed E-state index contributed by atoms with van der Waals surface area (Å²) in [6, 6.07) is 44.6. The maximum atomic E-state index is 10.0. The fourth-order valence-electron chi connectivity index (χ4n) is 7.06. The normalized spacial score (nSPS) is 11.8. The number of benzene rings is 5. The molecule has 0 fully saturated rings. The molecule has 251 valence electrons. The van der Waals surface area contributed by atoms with Gasteiger partial charge in [0.1, 0.15) is 0 Å². The Bertz CT molecular complexity index is 2130. The first-order chi connectivity index (χ1) is 23.7. The van der Waals surface area contributed by atoms with E-state index in [0.717, 1.165) is 16.8 Å². The van der Waals surface area contributed by atoms with E-state index in [1.54, 1.807) is 0 Å². The standard InChI is InChI=1S/C39H32BN2.C5H8O2.Ir/c1-26-13-10-14-27(2)37(26)40-33-20-8-9-21-35(33)42(39-28(3)15-11-16-29(39)4)36-22-12-19-32(38(36)40)31-23-24-34(41-25-31)30-17-6-5-7-18-30;1-4(6)3-5(2)7;/h5-17,19-25H,1-4H3;3,6H,1-2H3;/q-1;;/b;4-3-;. The van der Waals surface area contributed by atoms with E-state index in [0.29, 0.717) is 0 Å². The molecular formula is C44H40BIrN2O2-. The zero-order valence-electron chi connectivity index (χ0n) is 29.3. The van der Waals surface area contributed by atoms with Gasteiger partial charge in [0.2, 0.25) is 6.71 Å². The summed E-state index contributed by atoms with van der Waals surface area (Å²) in [5.74, 6) is -0.0625. The van der Waals surface area contributed by atoms with Gasteiger partial charge < -0.3 is 15.0 Å². The van der Waals surface area contributed by atoms with E-state index in [-0.39, 0.29) is 38.4 Å². The second kappa shape index (κ2) is 15.7. The van der Waals surface area contributed by atoms with Crippen molar-refractivity contribution in [2.24, 2.45) is 0 Å². The number of hydrogen-bond donors (Lipinski definition) is 1. The van der Waals surface area contributed by atoms with Crippen LogP contribution in [0.15, 0.2) is 133 Å². The SMILES string of the molecule is CC(=O)/C=C(/C)O.Cc1cccc(C)c1B1c2ccccc2N(c2c(C)cccc2C)c2cccc(-c3ccc(-c4[c-]cccc4)nc3)c21.[Ir]. The van der Waals surface area contributed by atoms with Crippen LogP contribution in [-0.2, 0) is 24.9 Å². The number of aliphatic hydroxyl groups excluding tert-OH is 1. The Morgan fingerprint density at radius 1 is 0.720 bits per heavy atom. The molecule has 0 saturated heterocycles. The Labute approximate surface area is 310 Å². The molecule has 6 heteroatoms. The molecule has 1 aliphatic rings. The summed E-state index contributed by atoms with van der Waals surface area (Å²) in [5.41, 5.74) is 17.1. The largest absolute Gasteiger partial charge is 0.512 e. The van der Waals surface area contributed by atoms with Crippen molar-refractivity contribution in [2.75, 3.05) is 4.90 Å². The molecule has 0 spiro atoms. The van der Waals surface area contributed by atoms with Gasteiger partial charge in [-0.2, -0.15) is 0 Å². The van der Waals surface area contributed by atoms with Gasteiger partial charge in [0.15, 0.2) is 5.78 Å². The van der Waals surface area contributed by atoms with Crippen molar-refractivity contribution in [3.63, 3.8) is 0 Å². The smallest absolute Gasteiger partial charge is 0.248 e. The van der Waals surface area contributed by atoms with Crippen LogP contribution in [0.4, 0.5) is 17.1 Å². The summed E-state index contributed by atoms with van der Waals surface area (Å²) >= 11 is 0. The van der Waals surface area contributed by atoms with E-state index in [1.807, 2.05) is 24.4 Å². The number of hydrogen-bond acceptors (Lipinski definition) is 4. The van der Waals surface area contributed by atoms with Crippen molar-refractivity contribution in [1.29, 1.82) is 0 Å². The van der Waals surface area contributed by atoms with Crippen LogP contribution in [0, 0.1) is 33.8 Å². The fourth-order valence-corrected chi connectivity index (χ4v) is 7.06. The second-order valence-electron chi connectivity index (χ2n) is 12.7. The van der Waals surface area contributed by atoms with E-state index in [9.17, 15) is 4.79 Å². The number of carbonyl (C=O) groups excluding carboxylic acids is 1. The maximum Gasteiger partial charge on any atom is 0.248 e. The summed E-state index contributed by atoms with van der Waals surface area (Å²) < 4.78 is 0. The molecule has 0 saturated carbocycles. The molecule has 0 aliphatic carbocycles. The van der Waals surface area contributed by atoms with Crippen LogP contribution in [0.2, 0.25) is 0 Å². The molecule has 0 atom stereocenters. The summed E-state index contributed by atoms with van der Waals surface area (Å²) in [6.45, 7) is 11.9. The minimum Gasteiger partial charge on any atom is -0.512 e. The van der Waals surface area contributed by atoms with Gasteiger partial charge in [-0.15, -0.1) is 35.9 Å². The minimum absolute atomic E-state index is 0. The number of rotatable bonds is 5. The number of carbonyl (C=O) groups is 1.